The van der Waals surface area contributed by atoms with E-state index in [-0.39, 0.29) is 18.3 Å². The SMILES string of the molecule is O=C(NCc1noc(-c2ccco2)n1)c1ccc(Br)cc1. The molecule has 2 aromatic heterocycles. The fourth-order valence-electron chi connectivity index (χ4n) is 1.69. The molecule has 0 saturated heterocycles. The van der Waals surface area contributed by atoms with Crippen LogP contribution in [0.5, 0.6) is 0 Å². The lowest BCUT2D eigenvalue weighted by Gasteiger charge is -2.02. The van der Waals surface area contributed by atoms with E-state index in [1.165, 1.54) is 6.26 Å². The lowest BCUT2D eigenvalue weighted by atomic mass is 10.2. The molecule has 0 atom stereocenters. The Hall–Kier alpha value is -2.41. The summed E-state index contributed by atoms with van der Waals surface area (Å²) in [4.78, 5) is 16.1. The van der Waals surface area contributed by atoms with Crippen LogP contribution in [-0.2, 0) is 6.54 Å². The van der Waals surface area contributed by atoms with Crippen molar-refractivity contribution in [2.45, 2.75) is 6.54 Å². The topological polar surface area (TPSA) is 81.2 Å². The van der Waals surface area contributed by atoms with Crippen LogP contribution in [0.1, 0.15) is 16.2 Å². The predicted molar refractivity (Wildman–Crippen MR) is 77.3 cm³/mol. The maximum absolute atomic E-state index is 11.9. The number of carbonyl (C=O) groups excluding carboxylic acids is 1. The van der Waals surface area contributed by atoms with Gasteiger partial charge in [-0.15, -0.1) is 0 Å². The number of aromatic nitrogens is 2. The van der Waals surface area contributed by atoms with Gasteiger partial charge in [-0.1, -0.05) is 21.1 Å². The fourth-order valence-corrected chi connectivity index (χ4v) is 1.95. The van der Waals surface area contributed by atoms with E-state index < -0.39 is 0 Å². The molecular weight excluding hydrogens is 338 g/mol. The van der Waals surface area contributed by atoms with Crippen LogP contribution in [-0.4, -0.2) is 16.0 Å². The Morgan fingerprint density at radius 2 is 2.05 bits per heavy atom. The number of rotatable bonds is 4. The molecule has 0 bridgehead atoms. The predicted octanol–water partition coefficient (Wildman–Crippen LogP) is 3.02. The van der Waals surface area contributed by atoms with Gasteiger partial charge in [-0.25, -0.2) is 0 Å². The number of furan rings is 1. The van der Waals surface area contributed by atoms with Crippen molar-refractivity contribution in [3.05, 3.63) is 58.5 Å². The van der Waals surface area contributed by atoms with Crippen molar-refractivity contribution >= 4 is 21.8 Å². The summed E-state index contributed by atoms with van der Waals surface area (Å²) in [6, 6.07) is 10.5. The number of nitrogens with one attached hydrogen (secondary N) is 1. The Kier molecular flexibility index (Phi) is 3.83. The maximum Gasteiger partial charge on any atom is 0.293 e. The zero-order valence-corrected chi connectivity index (χ0v) is 12.3. The van der Waals surface area contributed by atoms with Gasteiger partial charge >= 0.3 is 0 Å². The van der Waals surface area contributed by atoms with E-state index in [9.17, 15) is 4.79 Å². The number of nitrogens with zero attached hydrogens (tertiary/aromatic N) is 2. The van der Waals surface area contributed by atoms with Gasteiger partial charge in [0.2, 0.25) is 0 Å². The highest BCUT2D eigenvalue weighted by Crippen LogP contribution is 2.17. The van der Waals surface area contributed by atoms with Gasteiger partial charge in [0.05, 0.1) is 12.8 Å². The summed E-state index contributed by atoms with van der Waals surface area (Å²) in [7, 11) is 0. The first-order chi connectivity index (χ1) is 10.2. The Bertz CT molecular complexity index is 735. The first-order valence-electron chi connectivity index (χ1n) is 6.12. The summed E-state index contributed by atoms with van der Waals surface area (Å²) in [6.07, 6.45) is 1.52. The largest absolute Gasteiger partial charge is 0.459 e. The van der Waals surface area contributed by atoms with Gasteiger partial charge in [0, 0.05) is 10.0 Å². The van der Waals surface area contributed by atoms with Crippen LogP contribution in [0.4, 0.5) is 0 Å². The molecule has 21 heavy (non-hydrogen) atoms. The zero-order valence-electron chi connectivity index (χ0n) is 10.7. The Labute approximate surface area is 128 Å². The summed E-state index contributed by atoms with van der Waals surface area (Å²) in [5.41, 5.74) is 0.563. The summed E-state index contributed by atoms with van der Waals surface area (Å²) in [6.45, 7) is 0.180. The molecule has 1 N–H and O–H groups in total. The zero-order chi connectivity index (χ0) is 14.7. The Morgan fingerprint density at radius 3 is 2.76 bits per heavy atom. The monoisotopic (exact) mass is 347 g/mol. The van der Waals surface area contributed by atoms with Crippen molar-refractivity contribution in [3.63, 3.8) is 0 Å². The standard InChI is InChI=1S/C14H10BrN3O3/c15-10-5-3-9(4-6-10)13(19)16-8-12-17-14(21-18-12)11-2-1-7-20-11/h1-7H,8H2,(H,16,19). The highest BCUT2D eigenvalue weighted by molar-refractivity contribution is 9.10. The minimum absolute atomic E-state index is 0.180. The van der Waals surface area contributed by atoms with Crippen molar-refractivity contribution in [2.24, 2.45) is 0 Å². The average molecular weight is 348 g/mol. The van der Waals surface area contributed by atoms with E-state index in [2.05, 4.69) is 31.4 Å². The quantitative estimate of drug-likeness (QED) is 0.784. The van der Waals surface area contributed by atoms with E-state index >= 15 is 0 Å². The van der Waals surface area contributed by atoms with Crippen LogP contribution < -0.4 is 5.32 Å². The van der Waals surface area contributed by atoms with Gasteiger partial charge in [-0.2, -0.15) is 4.98 Å². The molecule has 0 saturated carbocycles. The molecule has 106 valence electrons. The van der Waals surface area contributed by atoms with Crippen LogP contribution in [0.25, 0.3) is 11.7 Å². The van der Waals surface area contributed by atoms with Crippen molar-refractivity contribution < 1.29 is 13.7 Å². The second-order valence-electron chi connectivity index (χ2n) is 4.18. The van der Waals surface area contributed by atoms with Crippen LogP contribution >= 0.6 is 15.9 Å². The van der Waals surface area contributed by atoms with Crippen LogP contribution in [0, 0.1) is 0 Å². The first-order valence-corrected chi connectivity index (χ1v) is 6.92. The molecule has 2 heterocycles. The Balaban J connectivity index is 1.62. The van der Waals surface area contributed by atoms with E-state index in [4.69, 9.17) is 8.94 Å². The van der Waals surface area contributed by atoms with E-state index in [1.807, 2.05) is 0 Å². The number of carbonyl (C=O) groups is 1. The van der Waals surface area contributed by atoms with Gasteiger partial charge in [-0.05, 0) is 36.4 Å². The maximum atomic E-state index is 11.9. The molecular formula is C14H10BrN3O3. The normalized spacial score (nSPS) is 10.5. The van der Waals surface area contributed by atoms with E-state index in [0.717, 1.165) is 4.47 Å². The first kappa shape index (κ1) is 13.6. The highest BCUT2D eigenvalue weighted by Gasteiger charge is 2.12. The van der Waals surface area contributed by atoms with Crippen LogP contribution in [0.15, 0.2) is 56.1 Å². The molecule has 0 aliphatic heterocycles. The van der Waals surface area contributed by atoms with E-state index in [0.29, 0.717) is 17.1 Å². The minimum Gasteiger partial charge on any atom is -0.459 e. The van der Waals surface area contributed by atoms with Crippen molar-refractivity contribution in [3.8, 4) is 11.7 Å². The molecule has 3 rings (SSSR count). The second-order valence-corrected chi connectivity index (χ2v) is 5.10. The molecule has 1 amide bonds. The lowest BCUT2D eigenvalue weighted by molar-refractivity contribution is 0.0949. The van der Waals surface area contributed by atoms with Gasteiger partial charge in [0.25, 0.3) is 11.8 Å². The molecule has 3 aromatic rings. The Morgan fingerprint density at radius 1 is 1.24 bits per heavy atom. The molecule has 0 aliphatic carbocycles. The molecule has 0 radical (unpaired) electrons. The smallest absolute Gasteiger partial charge is 0.293 e. The van der Waals surface area contributed by atoms with Gasteiger partial charge in [0.1, 0.15) is 0 Å². The third-order valence-corrected chi connectivity index (χ3v) is 3.24. The number of amides is 1. The number of hydrogen-bond donors (Lipinski definition) is 1. The lowest BCUT2D eigenvalue weighted by Crippen LogP contribution is -2.23. The second kappa shape index (κ2) is 5.92. The van der Waals surface area contributed by atoms with Crippen molar-refractivity contribution in [1.29, 1.82) is 0 Å². The molecule has 7 heteroatoms. The van der Waals surface area contributed by atoms with Gasteiger partial charge < -0.3 is 14.3 Å². The summed E-state index contributed by atoms with van der Waals surface area (Å²) < 4.78 is 11.1. The molecule has 0 aliphatic rings. The highest BCUT2D eigenvalue weighted by atomic mass is 79.9. The van der Waals surface area contributed by atoms with Crippen molar-refractivity contribution in [1.82, 2.24) is 15.5 Å². The summed E-state index contributed by atoms with van der Waals surface area (Å²) in [5.74, 6) is 0.958. The average Bonchev–Trinajstić information content (AvgIpc) is 3.16. The molecule has 0 fully saturated rings. The molecule has 6 nitrogen and oxygen atoms in total. The third-order valence-electron chi connectivity index (χ3n) is 2.71. The van der Waals surface area contributed by atoms with Gasteiger partial charge in [-0.3, -0.25) is 4.79 Å². The number of benzene rings is 1. The third kappa shape index (κ3) is 3.19. The number of hydrogen-bond acceptors (Lipinski definition) is 5. The van der Waals surface area contributed by atoms with Gasteiger partial charge in [0.15, 0.2) is 11.6 Å². The number of halogens is 1. The van der Waals surface area contributed by atoms with Crippen LogP contribution in [0.3, 0.4) is 0 Å². The molecule has 0 unspecified atom stereocenters. The molecule has 1 aromatic carbocycles. The van der Waals surface area contributed by atoms with Crippen molar-refractivity contribution in [2.75, 3.05) is 0 Å². The summed E-state index contributed by atoms with van der Waals surface area (Å²) >= 11 is 3.32. The molecule has 0 spiro atoms. The van der Waals surface area contributed by atoms with Crippen LogP contribution in [0.2, 0.25) is 0 Å². The summed E-state index contributed by atoms with van der Waals surface area (Å²) in [5, 5.41) is 6.51. The van der Waals surface area contributed by atoms with E-state index in [1.54, 1.807) is 36.4 Å². The minimum atomic E-state index is -0.202. The fraction of sp³-hybridized carbons (Fsp3) is 0.0714.